The summed E-state index contributed by atoms with van der Waals surface area (Å²) in [6.45, 7) is 6.34. The van der Waals surface area contributed by atoms with Crippen LogP contribution in [0.1, 0.15) is 52.9 Å². The summed E-state index contributed by atoms with van der Waals surface area (Å²) in [5, 5.41) is 0. The van der Waals surface area contributed by atoms with E-state index in [-0.39, 0.29) is 36.2 Å². The summed E-state index contributed by atoms with van der Waals surface area (Å²) in [5.74, 6) is 0.169. The number of hydrogen-bond donors (Lipinski definition) is 1. The third-order valence-electron chi connectivity index (χ3n) is 4.94. The van der Waals surface area contributed by atoms with Crippen LogP contribution in [-0.2, 0) is 9.53 Å². The zero-order chi connectivity index (χ0) is 16.1. The summed E-state index contributed by atoms with van der Waals surface area (Å²) in [6.07, 6.45) is 3.98. The molecule has 3 rings (SSSR count). The van der Waals surface area contributed by atoms with Crippen LogP contribution in [0, 0.1) is 0 Å². The lowest BCUT2D eigenvalue weighted by Gasteiger charge is -2.42. The van der Waals surface area contributed by atoms with Gasteiger partial charge in [0.15, 0.2) is 0 Å². The Morgan fingerprint density at radius 3 is 2.23 bits per heavy atom. The predicted molar refractivity (Wildman–Crippen MR) is 82.2 cm³/mol. The van der Waals surface area contributed by atoms with Crippen LogP contribution < -0.4 is 5.73 Å². The van der Waals surface area contributed by atoms with E-state index in [0.717, 1.165) is 25.7 Å². The van der Waals surface area contributed by atoms with E-state index in [1.165, 1.54) is 0 Å². The average molecular weight is 309 g/mol. The molecule has 3 saturated heterocycles. The highest BCUT2D eigenvalue weighted by Gasteiger charge is 2.47. The molecule has 4 atom stereocenters. The molecular weight excluding hydrogens is 282 g/mol. The van der Waals surface area contributed by atoms with Gasteiger partial charge in [-0.05, 0) is 46.5 Å². The Balaban J connectivity index is 1.67. The normalized spacial score (nSPS) is 35.2. The summed E-state index contributed by atoms with van der Waals surface area (Å²) in [5.41, 5.74) is 5.44. The van der Waals surface area contributed by atoms with Crippen molar-refractivity contribution in [2.24, 2.45) is 5.73 Å². The van der Waals surface area contributed by atoms with E-state index in [4.69, 9.17) is 10.5 Å². The van der Waals surface area contributed by atoms with Gasteiger partial charge in [-0.1, -0.05) is 0 Å². The molecular formula is C16H27N3O3. The number of nitrogens with zero attached hydrogens (tertiary/aromatic N) is 2. The molecule has 3 heterocycles. The van der Waals surface area contributed by atoms with E-state index in [2.05, 4.69) is 0 Å². The molecule has 3 fully saturated rings. The fourth-order valence-electron chi connectivity index (χ4n) is 4.13. The first-order valence-electron chi connectivity index (χ1n) is 8.31. The van der Waals surface area contributed by atoms with Crippen LogP contribution in [0.4, 0.5) is 4.79 Å². The van der Waals surface area contributed by atoms with Crippen LogP contribution in [-0.4, -0.2) is 58.1 Å². The predicted octanol–water partition coefficient (Wildman–Crippen LogP) is 1.48. The van der Waals surface area contributed by atoms with Gasteiger partial charge in [0, 0.05) is 37.1 Å². The molecule has 2 N–H and O–H groups in total. The minimum absolute atomic E-state index is 0.0333. The van der Waals surface area contributed by atoms with Gasteiger partial charge >= 0.3 is 6.09 Å². The Labute approximate surface area is 131 Å². The van der Waals surface area contributed by atoms with Crippen LogP contribution in [0.3, 0.4) is 0 Å². The van der Waals surface area contributed by atoms with Crippen molar-refractivity contribution >= 4 is 12.0 Å². The van der Waals surface area contributed by atoms with Crippen molar-refractivity contribution in [2.45, 2.75) is 82.6 Å². The molecule has 0 saturated carbocycles. The van der Waals surface area contributed by atoms with Crippen LogP contribution in [0.2, 0.25) is 0 Å². The van der Waals surface area contributed by atoms with Crippen LogP contribution in [0.15, 0.2) is 0 Å². The lowest BCUT2D eigenvalue weighted by atomic mass is 9.96. The Hall–Kier alpha value is -1.30. The lowest BCUT2D eigenvalue weighted by Crippen LogP contribution is -2.54. The highest BCUT2D eigenvalue weighted by Crippen LogP contribution is 2.39. The summed E-state index contributed by atoms with van der Waals surface area (Å²) < 4.78 is 5.54. The summed E-state index contributed by atoms with van der Waals surface area (Å²) >= 11 is 0. The monoisotopic (exact) mass is 309 g/mol. The number of rotatable bonds is 1. The van der Waals surface area contributed by atoms with E-state index in [1.807, 2.05) is 30.6 Å². The molecule has 2 bridgehead atoms. The molecule has 0 aromatic rings. The molecule has 0 radical (unpaired) electrons. The number of carbonyl (C=O) groups is 2. The number of hydrogen-bond acceptors (Lipinski definition) is 4. The van der Waals surface area contributed by atoms with E-state index in [0.29, 0.717) is 13.0 Å². The molecule has 2 unspecified atom stereocenters. The molecule has 2 amide bonds. The van der Waals surface area contributed by atoms with Gasteiger partial charge in [0.05, 0.1) is 0 Å². The highest BCUT2D eigenvalue weighted by atomic mass is 16.6. The minimum atomic E-state index is -0.467. The van der Waals surface area contributed by atoms with E-state index in [1.54, 1.807) is 0 Å². The van der Waals surface area contributed by atoms with E-state index >= 15 is 0 Å². The first kappa shape index (κ1) is 15.6. The van der Waals surface area contributed by atoms with Crippen molar-refractivity contribution < 1.29 is 14.3 Å². The van der Waals surface area contributed by atoms with Crippen molar-refractivity contribution in [2.75, 3.05) is 6.54 Å². The van der Waals surface area contributed by atoms with Gasteiger partial charge in [0.2, 0.25) is 5.91 Å². The van der Waals surface area contributed by atoms with Gasteiger partial charge in [-0.2, -0.15) is 0 Å². The standard InChI is InChI=1S/C16H27N3O3/c1-16(2,3)22-15(21)19-11-4-5-12(19)8-13(7-11)18-9-10(17)6-14(18)20/h10-13H,4-9,17H2,1-3H3/t10?,11-,12+,13?. The van der Waals surface area contributed by atoms with Crippen molar-refractivity contribution in [3.8, 4) is 0 Å². The highest BCUT2D eigenvalue weighted by molar-refractivity contribution is 5.79. The number of piperidine rings is 1. The number of carbonyl (C=O) groups excluding carboxylic acids is 2. The summed E-state index contributed by atoms with van der Waals surface area (Å²) in [7, 11) is 0. The number of nitrogens with two attached hydrogens (primary N) is 1. The van der Waals surface area contributed by atoms with E-state index in [9.17, 15) is 9.59 Å². The van der Waals surface area contributed by atoms with Gasteiger partial charge in [-0.15, -0.1) is 0 Å². The first-order chi connectivity index (χ1) is 10.2. The Morgan fingerprint density at radius 1 is 1.18 bits per heavy atom. The second-order valence-electron chi connectivity index (χ2n) is 7.91. The zero-order valence-electron chi connectivity index (χ0n) is 13.7. The van der Waals surface area contributed by atoms with Gasteiger partial charge in [0.1, 0.15) is 5.60 Å². The Kier molecular flexibility index (Phi) is 3.83. The number of fused-ring (bicyclic) bond motifs is 2. The quantitative estimate of drug-likeness (QED) is 0.796. The molecule has 0 aliphatic carbocycles. The maximum atomic E-state index is 12.4. The van der Waals surface area contributed by atoms with Crippen LogP contribution in [0.25, 0.3) is 0 Å². The van der Waals surface area contributed by atoms with Gasteiger partial charge in [-0.25, -0.2) is 4.79 Å². The Bertz CT molecular complexity index is 460. The second kappa shape index (κ2) is 5.41. The lowest BCUT2D eigenvalue weighted by molar-refractivity contribution is -0.130. The number of amides is 2. The van der Waals surface area contributed by atoms with Crippen molar-refractivity contribution in [3.63, 3.8) is 0 Å². The molecule has 6 heteroatoms. The maximum absolute atomic E-state index is 12.4. The van der Waals surface area contributed by atoms with Crippen LogP contribution in [0.5, 0.6) is 0 Å². The molecule has 124 valence electrons. The average Bonchev–Trinajstić information content (AvgIpc) is 2.84. The SMILES string of the molecule is CC(C)(C)OC(=O)N1[C@@H]2CC[C@H]1CC(N1CC(N)CC1=O)C2. The Morgan fingerprint density at radius 2 is 1.77 bits per heavy atom. The topological polar surface area (TPSA) is 75.9 Å². The van der Waals surface area contributed by atoms with E-state index < -0.39 is 5.60 Å². The van der Waals surface area contributed by atoms with Crippen LogP contribution >= 0.6 is 0 Å². The molecule has 0 aromatic heterocycles. The largest absolute Gasteiger partial charge is 0.444 e. The third-order valence-corrected chi connectivity index (χ3v) is 4.94. The van der Waals surface area contributed by atoms with Crippen molar-refractivity contribution in [1.29, 1.82) is 0 Å². The molecule has 0 spiro atoms. The summed E-state index contributed by atoms with van der Waals surface area (Å²) in [4.78, 5) is 28.3. The minimum Gasteiger partial charge on any atom is -0.444 e. The smallest absolute Gasteiger partial charge is 0.410 e. The molecule has 3 aliphatic rings. The second-order valence-corrected chi connectivity index (χ2v) is 7.91. The van der Waals surface area contributed by atoms with Gasteiger partial charge in [0.25, 0.3) is 0 Å². The number of likely N-dealkylation sites (tertiary alicyclic amines) is 1. The fourth-order valence-corrected chi connectivity index (χ4v) is 4.13. The number of ether oxygens (including phenoxy) is 1. The van der Waals surface area contributed by atoms with Crippen molar-refractivity contribution in [3.05, 3.63) is 0 Å². The fraction of sp³-hybridized carbons (Fsp3) is 0.875. The van der Waals surface area contributed by atoms with Crippen molar-refractivity contribution in [1.82, 2.24) is 9.80 Å². The molecule has 3 aliphatic heterocycles. The maximum Gasteiger partial charge on any atom is 0.410 e. The molecule has 22 heavy (non-hydrogen) atoms. The first-order valence-corrected chi connectivity index (χ1v) is 8.31. The van der Waals surface area contributed by atoms with Gasteiger partial charge in [-0.3, -0.25) is 4.79 Å². The third kappa shape index (κ3) is 2.93. The molecule has 6 nitrogen and oxygen atoms in total. The zero-order valence-corrected chi connectivity index (χ0v) is 13.7. The van der Waals surface area contributed by atoms with Gasteiger partial charge < -0.3 is 20.3 Å². The summed E-state index contributed by atoms with van der Waals surface area (Å²) in [6, 6.07) is 0.595. The molecule has 0 aromatic carbocycles.